The minimum absolute atomic E-state index is 0.0313. The van der Waals surface area contributed by atoms with E-state index in [1.54, 1.807) is 43.3 Å². The fourth-order valence-corrected chi connectivity index (χ4v) is 4.19. The van der Waals surface area contributed by atoms with Gasteiger partial charge in [0.1, 0.15) is 5.75 Å². The van der Waals surface area contributed by atoms with Gasteiger partial charge in [-0.3, -0.25) is 4.79 Å². The van der Waals surface area contributed by atoms with Crippen LogP contribution in [-0.4, -0.2) is 22.5 Å². The first kappa shape index (κ1) is 19.5. The average Bonchev–Trinajstić information content (AvgIpc) is 2.68. The van der Waals surface area contributed by atoms with Crippen LogP contribution in [0, 0.1) is 0 Å². The van der Waals surface area contributed by atoms with Crippen molar-refractivity contribution in [2.45, 2.75) is 37.1 Å². The highest BCUT2D eigenvalue weighted by Crippen LogP contribution is 2.49. The zero-order valence-electron chi connectivity index (χ0n) is 15.7. The van der Waals surface area contributed by atoms with Gasteiger partial charge in [0.25, 0.3) is 0 Å². The minimum Gasteiger partial charge on any atom is -0.493 e. The SMILES string of the molecule is CC1(CC(O)(n2ccc(=O)c3ccccc32)C(F)(F)F)CCOc2ccccc21. The third-order valence-electron chi connectivity index (χ3n) is 5.74. The Labute approximate surface area is 165 Å². The number of hydrogen-bond donors (Lipinski definition) is 1. The summed E-state index contributed by atoms with van der Waals surface area (Å²) in [5.41, 5.74) is -3.94. The van der Waals surface area contributed by atoms with Crippen molar-refractivity contribution >= 4 is 10.9 Å². The number of halogens is 3. The molecule has 2 atom stereocenters. The lowest BCUT2D eigenvalue weighted by Gasteiger charge is -2.43. The van der Waals surface area contributed by atoms with Crippen molar-refractivity contribution in [3.63, 3.8) is 0 Å². The summed E-state index contributed by atoms with van der Waals surface area (Å²) in [5, 5.41) is 11.3. The largest absolute Gasteiger partial charge is 0.493 e. The molecule has 0 amide bonds. The average molecular weight is 403 g/mol. The number of aromatic nitrogens is 1. The summed E-state index contributed by atoms with van der Waals surface area (Å²) < 4.78 is 49.4. The van der Waals surface area contributed by atoms with Crippen LogP contribution in [0.4, 0.5) is 13.2 Å². The van der Waals surface area contributed by atoms with Crippen LogP contribution in [0.5, 0.6) is 5.75 Å². The number of aliphatic hydroxyl groups is 1. The molecule has 29 heavy (non-hydrogen) atoms. The van der Waals surface area contributed by atoms with E-state index >= 15 is 0 Å². The molecule has 0 radical (unpaired) electrons. The molecular formula is C22H20F3NO3. The van der Waals surface area contributed by atoms with Gasteiger partial charge in [-0.2, -0.15) is 13.2 Å². The van der Waals surface area contributed by atoms with Crippen LogP contribution in [0.2, 0.25) is 0 Å². The number of fused-ring (bicyclic) bond motifs is 2. The summed E-state index contributed by atoms with van der Waals surface area (Å²) in [4.78, 5) is 12.1. The third-order valence-corrected chi connectivity index (χ3v) is 5.74. The van der Waals surface area contributed by atoms with E-state index in [0.717, 1.165) is 16.8 Å². The van der Waals surface area contributed by atoms with Crippen molar-refractivity contribution in [3.05, 3.63) is 76.6 Å². The third kappa shape index (κ3) is 3.09. The van der Waals surface area contributed by atoms with E-state index < -0.39 is 29.2 Å². The molecule has 0 fully saturated rings. The molecule has 0 bridgehead atoms. The van der Waals surface area contributed by atoms with Crippen LogP contribution in [0.15, 0.2) is 65.6 Å². The molecule has 1 aliphatic rings. The molecule has 1 N–H and O–H groups in total. The Bertz CT molecular complexity index is 1120. The van der Waals surface area contributed by atoms with Gasteiger partial charge in [-0.15, -0.1) is 0 Å². The molecule has 7 heteroatoms. The minimum atomic E-state index is -4.97. The quantitative estimate of drug-likeness (QED) is 0.708. The van der Waals surface area contributed by atoms with Crippen LogP contribution in [0.25, 0.3) is 10.9 Å². The Balaban J connectivity index is 1.92. The highest BCUT2D eigenvalue weighted by Gasteiger charge is 2.59. The Morgan fingerprint density at radius 1 is 1.10 bits per heavy atom. The van der Waals surface area contributed by atoms with Gasteiger partial charge in [0.2, 0.25) is 5.72 Å². The fourth-order valence-electron chi connectivity index (χ4n) is 4.19. The first-order valence-corrected chi connectivity index (χ1v) is 9.28. The smallest absolute Gasteiger partial charge is 0.436 e. The predicted molar refractivity (Wildman–Crippen MR) is 103 cm³/mol. The fraction of sp³-hybridized carbons (Fsp3) is 0.318. The summed E-state index contributed by atoms with van der Waals surface area (Å²) in [6, 6.07) is 14.0. The van der Waals surface area contributed by atoms with Crippen molar-refractivity contribution in [2.24, 2.45) is 0 Å². The summed E-state index contributed by atoms with van der Waals surface area (Å²) >= 11 is 0. The van der Waals surface area contributed by atoms with E-state index in [-0.39, 0.29) is 17.5 Å². The lowest BCUT2D eigenvalue weighted by molar-refractivity contribution is -0.305. The highest BCUT2D eigenvalue weighted by molar-refractivity contribution is 5.78. The van der Waals surface area contributed by atoms with Crippen molar-refractivity contribution < 1.29 is 23.0 Å². The molecule has 152 valence electrons. The number of pyridine rings is 1. The number of ether oxygens (including phenoxy) is 1. The van der Waals surface area contributed by atoms with Crippen LogP contribution in [-0.2, 0) is 11.1 Å². The maximum absolute atomic E-state index is 14.3. The van der Waals surface area contributed by atoms with Crippen molar-refractivity contribution in [1.82, 2.24) is 4.57 Å². The van der Waals surface area contributed by atoms with Gasteiger partial charge in [-0.05, 0) is 24.6 Å². The summed E-state index contributed by atoms with van der Waals surface area (Å²) in [5.74, 6) is 0.524. The molecule has 2 aromatic carbocycles. The van der Waals surface area contributed by atoms with Gasteiger partial charge < -0.3 is 14.4 Å². The monoisotopic (exact) mass is 403 g/mol. The Hall–Kier alpha value is -2.80. The van der Waals surface area contributed by atoms with Crippen LogP contribution in [0.3, 0.4) is 0 Å². The normalized spacial score (nSPS) is 21.3. The lowest BCUT2D eigenvalue weighted by Crippen LogP contribution is -2.52. The second-order valence-electron chi connectivity index (χ2n) is 7.71. The molecule has 2 heterocycles. The number of para-hydroxylation sites is 2. The zero-order valence-corrected chi connectivity index (χ0v) is 15.7. The molecule has 0 aliphatic carbocycles. The molecule has 4 rings (SSSR count). The summed E-state index contributed by atoms with van der Waals surface area (Å²) in [6.45, 7) is 1.96. The second-order valence-corrected chi connectivity index (χ2v) is 7.71. The van der Waals surface area contributed by atoms with Crippen molar-refractivity contribution in [3.8, 4) is 5.75 Å². The Morgan fingerprint density at radius 3 is 2.55 bits per heavy atom. The number of nitrogens with zero attached hydrogens (tertiary/aromatic N) is 1. The number of hydrogen-bond acceptors (Lipinski definition) is 3. The number of benzene rings is 2. The van der Waals surface area contributed by atoms with Gasteiger partial charge >= 0.3 is 6.18 Å². The molecule has 4 nitrogen and oxygen atoms in total. The molecule has 1 aromatic heterocycles. The van der Waals surface area contributed by atoms with E-state index in [1.807, 2.05) is 0 Å². The maximum Gasteiger partial charge on any atom is 0.436 e. The first-order chi connectivity index (χ1) is 13.7. The molecule has 0 saturated carbocycles. The Morgan fingerprint density at radius 2 is 1.79 bits per heavy atom. The topological polar surface area (TPSA) is 51.5 Å². The van der Waals surface area contributed by atoms with Gasteiger partial charge in [0.15, 0.2) is 5.43 Å². The lowest BCUT2D eigenvalue weighted by atomic mass is 9.72. The van der Waals surface area contributed by atoms with Crippen LogP contribution in [0.1, 0.15) is 25.3 Å². The Kier molecular flexibility index (Phi) is 4.46. The summed E-state index contributed by atoms with van der Waals surface area (Å²) in [7, 11) is 0. The van der Waals surface area contributed by atoms with Gasteiger partial charge in [0, 0.05) is 35.0 Å². The second kappa shape index (κ2) is 6.62. The van der Waals surface area contributed by atoms with E-state index in [9.17, 15) is 23.1 Å². The molecule has 2 unspecified atom stereocenters. The number of alkyl halides is 3. The van der Waals surface area contributed by atoms with E-state index in [4.69, 9.17) is 4.74 Å². The highest BCUT2D eigenvalue weighted by atomic mass is 19.4. The van der Waals surface area contributed by atoms with Gasteiger partial charge in [-0.25, -0.2) is 0 Å². The first-order valence-electron chi connectivity index (χ1n) is 9.28. The van der Waals surface area contributed by atoms with Crippen LogP contribution >= 0.6 is 0 Å². The van der Waals surface area contributed by atoms with Crippen LogP contribution < -0.4 is 10.2 Å². The molecule has 0 spiro atoms. The van der Waals surface area contributed by atoms with E-state index in [2.05, 4.69) is 0 Å². The molecule has 0 saturated heterocycles. The van der Waals surface area contributed by atoms with Crippen molar-refractivity contribution in [1.29, 1.82) is 0 Å². The molecule has 1 aliphatic heterocycles. The molecule has 3 aromatic rings. The van der Waals surface area contributed by atoms with Gasteiger partial charge in [0.05, 0.1) is 12.1 Å². The summed E-state index contributed by atoms with van der Waals surface area (Å²) in [6.07, 6.45) is -4.24. The zero-order chi connectivity index (χ0) is 20.9. The van der Waals surface area contributed by atoms with E-state index in [1.165, 1.54) is 12.1 Å². The van der Waals surface area contributed by atoms with Crippen molar-refractivity contribution in [2.75, 3.05) is 6.61 Å². The number of rotatable bonds is 3. The van der Waals surface area contributed by atoms with E-state index in [0.29, 0.717) is 17.7 Å². The van der Waals surface area contributed by atoms with Gasteiger partial charge in [-0.1, -0.05) is 37.3 Å². The standard InChI is InChI=1S/C22H20F3NO3/c1-20(11-13-29-19-9-5-3-7-16(19)20)14-21(28,22(23,24)25)26-12-10-18(27)15-6-2-4-8-17(15)26/h2-10,12,28H,11,13-14H2,1H3. The molecular weight excluding hydrogens is 383 g/mol. The predicted octanol–water partition coefficient (Wildman–Crippen LogP) is 4.34. The maximum atomic E-state index is 14.3.